The van der Waals surface area contributed by atoms with Crippen molar-refractivity contribution in [3.63, 3.8) is 0 Å². The number of carbonyl (C=O) groups excluding carboxylic acids is 1. The Morgan fingerprint density at radius 2 is 2.00 bits per heavy atom. The van der Waals surface area contributed by atoms with Crippen molar-refractivity contribution < 1.29 is 9.53 Å². The first-order valence-electron chi connectivity index (χ1n) is 8.76. The zero-order valence-electron chi connectivity index (χ0n) is 14.9. The van der Waals surface area contributed by atoms with Gasteiger partial charge in [0.15, 0.2) is 0 Å². The first-order chi connectivity index (χ1) is 12.2. The van der Waals surface area contributed by atoms with Crippen LogP contribution in [0.3, 0.4) is 0 Å². The molecule has 0 unspecified atom stereocenters. The van der Waals surface area contributed by atoms with Crippen LogP contribution in [0.2, 0.25) is 0 Å². The lowest BCUT2D eigenvalue weighted by Crippen LogP contribution is -2.54. The molecule has 25 heavy (non-hydrogen) atoms. The van der Waals surface area contributed by atoms with Crippen molar-refractivity contribution in [3.05, 3.63) is 54.4 Å². The van der Waals surface area contributed by atoms with Crippen LogP contribution in [0.1, 0.15) is 19.0 Å². The van der Waals surface area contributed by atoms with Gasteiger partial charge in [-0.25, -0.2) is 0 Å². The zero-order valence-corrected chi connectivity index (χ0v) is 14.9. The van der Waals surface area contributed by atoms with E-state index in [1.165, 1.54) is 0 Å². The molecule has 1 fully saturated rings. The number of aromatic nitrogens is 1. The van der Waals surface area contributed by atoms with E-state index >= 15 is 0 Å². The third kappa shape index (κ3) is 4.10. The summed E-state index contributed by atoms with van der Waals surface area (Å²) < 4.78 is 5.47. The van der Waals surface area contributed by atoms with Crippen molar-refractivity contribution in [3.8, 4) is 5.75 Å². The lowest BCUT2D eigenvalue weighted by Gasteiger charge is -2.41. The normalized spacial score (nSPS) is 17.4. The molecule has 1 aliphatic heterocycles. The van der Waals surface area contributed by atoms with Gasteiger partial charge in [0.25, 0.3) is 0 Å². The van der Waals surface area contributed by atoms with Gasteiger partial charge in [-0.3, -0.25) is 9.78 Å². The highest BCUT2D eigenvalue weighted by atomic mass is 16.5. The molecule has 1 aliphatic rings. The summed E-state index contributed by atoms with van der Waals surface area (Å²) in [5.74, 6) is 1.09. The summed E-state index contributed by atoms with van der Waals surface area (Å²) in [4.78, 5) is 21.2. The monoisotopic (exact) mass is 339 g/mol. The van der Waals surface area contributed by atoms with Gasteiger partial charge in [-0.2, -0.15) is 0 Å². The van der Waals surface area contributed by atoms with Gasteiger partial charge in [-0.05, 0) is 37.6 Å². The van der Waals surface area contributed by atoms with Gasteiger partial charge in [0.2, 0.25) is 5.91 Å². The topological polar surface area (TPSA) is 45.7 Å². The summed E-state index contributed by atoms with van der Waals surface area (Å²) in [5, 5.41) is 0. The maximum absolute atomic E-state index is 12.6. The molecule has 5 nitrogen and oxygen atoms in total. The zero-order chi connectivity index (χ0) is 17.6. The van der Waals surface area contributed by atoms with E-state index in [-0.39, 0.29) is 11.9 Å². The van der Waals surface area contributed by atoms with Crippen LogP contribution in [0.4, 0.5) is 5.69 Å². The van der Waals surface area contributed by atoms with Gasteiger partial charge in [0.05, 0.1) is 12.8 Å². The van der Waals surface area contributed by atoms with Crippen LogP contribution < -0.4 is 9.64 Å². The Labute approximate surface area is 149 Å². The number of rotatable bonds is 5. The molecule has 1 atom stereocenters. The van der Waals surface area contributed by atoms with Crippen LogP contribution in [0.15, 0.2) is 48.7 Å². The van der Waals surface area contributed by atoms with Crippen molar-refractivity contribution in [2.45, 2.75) is 25.8 Å². The van der Waals surface area contributed by atoms with E-state index in [0.29, 0.717) is 12.8 Å². The molecule has 2 heterocycles. The van der Waals surface area contributed by atoms with Crippen molar-refractivity contribution in [2.75, 3.05) is 31.6 Å². The third-order valence-electron chi connectivity index (χ3n) is 4.69. The molecule has 0 saturated carbocycles. The molecule has 0 bridgehead atoms. The van der Waals surface area contributed by atoms with E-state index < -0.39 is 0 Å². The fourth-order valence-electron chi connectivity index (χ4n) is 3.36. The molecule has 1 amide bonds. The highest BCUT2D eigenvalue weighted by Crippen LogP contribution is 2.29. The predicted molar refractivity (Wildman–Crippen MR) is 98.9 cm³/mol. The largest absolute Gasteiger partial charge is 0.495 e. The van der Waals surface area contributed by atoms with Gasteiger partial charge in [-0.15, -0.1) is 0 Å². The van der Waals surface area contributed by atoms with Gasteiger partial charge >= 0.3 is 0 Å². The van der Waals surface area contributed by atoms with E-state index in [4.69, 9.17) is 4.74 Å². The number of carbonyl (C=O) groups is 1. The highest BCUT2D eigenvalue weighted by Gasteiger charge is 2.28. The summed E-state index contributed by atoms with van der Waals surface area (Å²) in [5.41, 5.74) is 2.06. The molecule has 3 rings (SSSR count). The Morgan fingerprint density at radius 3 is 2.72 bits per heavy atom. The number of nitrogens with zero attached hydrogens (tertiary/aromatic N) is 3. The van der Waals surface area contributed by atoms with Crippen molar-refractivity contribution in [1.82, 2.24) is 9.88 Å². The Balaban J connectivity index is 1.59. The van der Waals surface area contributed by atoms with Crippen molar-refractivity contribution in [2.24, 2.45) is 0 Å². The summed E-state index contributed by atoms with van der Waals surface area (Å²) in [7, 11) is 1.69. The number of aryl methyl sites for hydroxylation is 1. The number of hydrogen-bond donors (Lipinski definition) is 0. The Bertz CT molecular complexity index is 705. The number of methoxy groups -OCH3 is 1. The summed E-state index contributed by atoms with van der Waals surface area (Å²) >= 11 is 0. The molecule has 0 spiro atoms. The average molecular weight is 339 g/mol. The summed E-state index contributed by atoms with van der Waals surface area (Å²) in [6, 6.07) is 14.0. The van der Waals surface area contributed by atoms with Crippen LogP contribution in [0.5, 0.6) is 5.75 Å². The minimum absolute atomic E-state index is 0.176. The molecule has 1 aromatic heterocycles. The van der Waals surface area contributed by atoms with Crippen molar-refractivity contribution >= 4 is 11.6 Å². The molecule has 132 valence electrons. The fourth-order valence-corrected chi connectivity index (χ4v) is 3.36. The second-order valence-electron chi connectivity index (χ2n) is 6.38. The standard InChI is InChI=1S/C20H25N3O2/c1-16-15-22(18-8-3-4-9-19(18)25-2)13-14-23(16)20(24)11-10-17-7-5-6-12-21-17/h3-9,12,16H,10-11,13-15H2,1-2H3/t16-/m0/s1. The number of hydrogen-bond acceptors (Lipinski definition) is 4. The number of anilines is 1. The smallest absolute Gasteiger partial charge is 0.223 e. The molecular formula is C20H25N3O2. The molecule has 0 N–H and O–H groups in total. The molecule has 2 aromatic rings. The lowest BCUT2D eigenvalue weighted by atomic mass is 10.1. The Hall–Kier alpha value is -2.56. The first kappa shape index (κ1) is 17.3. The number of amides is 1. The van der Waals surface area contributed by atoms with E-state index in [9.17, 15) is 4.79 Å². The molecule has 1 aromatic carbocycles. The first-order valence-corrected chi connectivity index (χ1v) is 8.76. The van der Waals surface area contributed by atoms with Crippen LogP contribution in [-0.4, -0.2) is 48.6 Å². The fraction of sp³-hybridized carbons (Fsp3) is 0.400. The van der Waals surface area contributed by atoms with Crippen LogP contribution >= 0.6 is 0 Å². The van der Waals surface area contributed by atoms with Gasteiger partial charge in [0.1, 0.15) is 5.75 Å². The number of pyridine rings is 1. The van der Waals surface area contributed by atoms with Crippen molar-refractivity contribution in [1.29, 1.82) is 0 Å². The van der Waals surface area contributed by atoms with Crippen LogP contribution in [0.25, 0.3) is 0 Å². The second-order valence-corrected chi connectivity index (χ2v) is 6.38. The number of para-hydroxylation sites is 2. The molecule has 0 radical (unpaired) electrons. The minimum Gasteiger partial charge on any atom is -0.495 e. The van der Waals surface area contributed by atoms with Gasteiger partial charge < -0.3 is 14.5 Å². The van der Waals surface area contributed by atoms with Gasteiger partial charge in [-0.1, -0.05) is 18.2 Å². The van der Waals surface area contributed by atoms with Gasteiger partial charge in [0, 0.05) is 44.0 Å². The molecular weight excluding hydrogens is 314 g/mol. The number of benzene rings is 1. The predicted octanol–water partition coefficient (Wildman–Crippen LogP) is 2.76. The maximum Gasteiger partial charge on any atom is 0.223 e. The molecule has 1 saturated heterocycles. The summed E-state index contributed by atoms with van der Waals surface area (Å²) in [6.45, 7) is 4.48. The van der Waals surface area contributed by atoms with E-state index in [1.807, 2.05) is 41.3 Å². The van der Waals surface area contributed by atoms with E-state index in [0.717, 1.165) is 36.8 Å². The van der Waals surface area contributed by atoms with E-state index in [2.05, 4.69) is 22.9 Å². The number of ether oxygens (including phenoxy) is 1. The SMILES string of the molecule is COc1ccccc1N1CCN(C(=O)CCc2ccccn2)[C@@H](C)C1. The summed E-state index contributed by atoms with van der Waals surface area (Å²) in [6.07, 6.45) is 2.98. The average Bonchev–Trinajstić information content (AvgIpc) is 2.66. The quantitative estimate of drug-likeness (QED) is 0.840. The Morgan fingerprint density at radius 1 is 1.20 bits per heavy atom. The second kappa shape index (κ2) is 8.01. The van der Waals surface area contributed by atoms with Crippen LogP contribution in [0, 0.1) is 0 Å². The van der Waals surface area contributed by atoms with Crippen LogP contribution in [-0.2, 0) is 11.2 Å². The molecule has 5 heteroatoms. The number of piperazine rings is 1. The third-order valence-corrected chi connectivity index (χ3v) is 4.69. The van der Waals surface area contributed by atoms with E-state index in [1.54, 1.807) is 13.3 Å². The highest BCUT2D eigenvalue weighted by molar-refractivity contribution is 5.77. The molecule has 0 aliphatic carbocycles. The lowest BCUT2D eigenvalue weighted by molar-refractivity contribution is -0.133. The Kier molecular flexibility index (Phi) is 5.53. The maximum atomic E-state index is 12.6. The minimum atomic E-state index is 0.176.